The lowest BCUT2D eigenvalue weighted by atomic mass is 10.1. The first-order valence-electron chi connectivity index (χ1n) is 7.48. The lowest BCUT2D eigenvalue weighted by Gasteiger charge is -2.21. The van der Waals surface area contributed by atoms with Crippen molar-refractivity contribution in [3.05, 3.63) is 59.4 Å². The fourth-order valence-corrected chi connectivity index (χ4v) is 2.38. The van der Waals surface area contributed by atoms with Gasteiger partial charge in [0, 0.05) is 18.8 Å². The standard InChI is InChI=1S/C18H21N3O2/c1-13-8-14(2)10-17(9-13)21(15(3)22)12-18(23)20-11-16-6-4-5-7-19-16/h4-10H,11-12H2,1-3H3,(H,20,23). The number of anilines is 1. The highest BCUT2D eigenvalue weighted by Gasteiger charge is 2.16. The number of aryl methyl sites for hydroxylation is 2. The van der Waals surface area contributed by atoms with Crippen molar-refractivity contribution in [2.75, 3.05) is 11.4 Å². The Labute approximate surface area is 136 Å². The van der Waals surface area contributed by atoms with E-state index in [0.717, 1.165) is 22.5 Å². The molecular weight excluding hydrogens is 290 g/mol. The molecule has 0 spiro atoms. The van der Waals surface area contributed by atoms with Gasteiger partial charge in [-0.1, -0.05) is 12.1 Å². The van der Waals surface area contributed by atoms with Crippen LogP contribution in [0.25, 0.3) is 0 Å². The molecule has 2 amide bonds. The van der Waals surface area contributed by atoms with Crippen molar-refractivity contribution in [1.82, 2.24) is 10.3 Å². The van der Waals surface area contributed by atoms with Gasteiger partial charge in [-0.2, -0.15) is 0 Å². The third-order valence-corrected chi connectivity index (χ3v) is 3.39. The summed E-state index contributed by atoms with van der Waals surface area (Å²) in [5.74, 6) is -0.381. The molecule has 0 aliphatic rings. The molecule has 0 unspecified atom stereocenters. The van der Waals surface area contributed by atoms with Crippen LogP contribution in [-0.4, -0.2) is 23.3 Å². The van der Waals surface area contributed by atoms with E-state index in [9.17, 15) is 9.59 Å². The lowest BCUT2D eigenvalue weighted by molar-refractivity contribution is -0.123. The molecule has 0 aliphatic carbocycles. The third kappa shape index (κ3) is 4.92. The van der Waals surface area contributed by atoms with Crippen LogP contribution in [0.2, 0.25) is 0 Å². The van der Waals surface area contributed by atoms with Crippen molar-refractivity contribution in [3.8, 4) is 0 Å². The van der Waals surface area contributed by atoms with Crippen LogP contribution in [0, 0.1) is 13.8 Å². The zero-order valence-electron chi connectivity index (χ0n) is 13.7. The molecule has 0 fully saturated rings. The van der Waals surface area contributed by atoms with Crippen LogP contribution in [0.15, 0.2) is 42.6 Å². The van der Waals surface area contributed by atoms with Crippen molar-refractivity contribution >= 4 is 17.5 Å². The van der Waals surface area contributed by atoms with Gasteiger partial charge in [-0.15, -0.1) is 0 Å². The maximum atomic E-state index is 12.1. The average Bonchev–Trinajstić information content (AvgIpc) is 2.50. The van der Waals surface area contributed by atoms with Crippen LogP contribution < -0.4 is 10.2 Å². The van der Waals surface area contributed by atoms with Crippen LogP contribution in [0.5, 0.6) is 0 Å². The van der Waals surface area contributed by atoms with Gasteiger partial charge in [0.15, 0.2) is 0 Å². The Kier molecular flexibility index (Phi) is 5.46. The van der Waals surface area contributed by atoms with E-state index in [-0.39, 0.29) is 18.4 Å². The van der Waals surface area contributed by atoms with Crippen molar-refractivity contribution in [3.63, 3.8) is 0 Å². The van der Waals surface area contributed by atoms with Gasteiger partial charge in [0.25, 0.3) is 0 Å². The average molecular weight is 311 g/mol. The van der Waals surface area contributed by atoms with Crippen LogP contribution in [0.4, 0.5) is 5.69 Å². The van der Waals surface area contributed by atoms with Gasteiger partial charge >= 0.3 is 0 Å². The minimum atomic E-state index is -0.218. The molecule has 1 aromatic carbocycles. The van der Waals surface area contributed by atoms with Crippen molar-refractivity contribution in [2.45, 2.75) is 27.3 Å². The molecule has 0 bridgehead atoms. The second kappa shape index (κ2) is 7.54. The molecule has 0 saturated heterocycles. The monoisotopic (exact) mass is 311 g/mol. The summed E-state index contributed by atoms with van der Waals surface area (Å²) in [5, 5.41) is 2.79. The van der Waals surface area contributed by atoms with Crippen LogP contribution in [0.1, 0.15) is 23.7 Å². The fourth-order valence-electron chi connectivity index (χ4n) is 2.38. The van der Waals surface area contributed by atoms with Gasteiger partial charge in [0.1, 0.15) is 6.54 Å². The lowest BCUT2D eigenvalue weighted by Crippen LogP contribution is -2.39. The molecule has 0 atom stereocenters. The number of carbonyl (C=O) groups is 2. The molecule has 0 radical (unpaired) electrons. The minimum Gasteiger partial charge on any atom is -0.349 e. The Morgan fingerprint density at radius 2 is 1.83 bits per heavy atom. The summed E-state index contributed by atoms with van der Waals surface area (Å²) in [6, 6.07) is 11.4. The number of carbonyl (C=O) groups excluding carboxylic acids is 2. The van der Waals surface area contributed by atoms with Gasteiger partial charge in [-0.05, 0) is 49.2 Å². The first-order chi connectivity index (χ1) is 11.0. The number of aromatic nitrogens is 1. The second-order valence-corrected chi connectivity index (χ2v) is 5.55. The van der Waals surface area contributed by atoms with E-state index < -0.39 is 0 Å². The largest absolute Gasteiger partial charge is 0.349 e. The Bertz CT molecular complexity index is 678. The topological polar surface area (TPSA) is 62.3 Å². The Morgan fingerprint density at radius 1 is 1.13 bits per heavy atom. The number of rotatable bonds is 5. The highest BCUT2D eigenvalue weighted by atomic mass is 16.2. The Morgan fingerprint density at radius 3 is 2.39 bits per heavy atom. The molecule has 1 N–H and O–H groups in total. The van der Waals surface area contributed by atoms with E-state index in [1.54, 1.807) is 6.20 Å². The second-order valence-electron chi connectivity index (χ2n) is 5.55. The number of benzene rings is 1. The van der Waals surface area contributed by atoms with Crippen LogP contribution in [-0.2, 0) is 16.1 Å². The predicted octanol–water partition coefficient (Wildman–Crippen LogP) is 2.37. The zero-order chi connectivity index (χ0) is 16.8. The molecule has 5 heteroatoms. The first-order valence-corrected chi connectivity index (χ1v) is 7.48. The Balaban J connectivity index is 2.04. The van der Waals surface area contributed by atoms with Gasteiger partial charge in [0.2, 0.25) is 11.8 Å². The van der Waals surface area contributed by atoms with E-state index in [1.165, 1.54) is 11.8 Å². The van der Waals surface area contributed by atoms with E-state index in [2.05, 4.69) is 10.3 Å². The van der Waals surface area contributed by atoms with E-state index in [0.29, 0.717) is 6.54 Å². The molecule has 120 valence electrons. The highest BCUT2D eigenvalue weighted by Crippen LogP contribution is 2.18. The fraction of sp³-hybridized carbons (Fsp3) is 0.278. The maximum absolute atomic E-state index is 12.1. The third-order valence-electron chi connectivity index (χ3n) is 3.39. The molecule has 0 saturated carbocycles. The number of pyridine rings is 1. The highest BCUT2D eigenvalue weighted by molar-refractivity contribution is 5.97. The Hall–Kier alpha value is -2.69. The van der Waals surface area contributed by atoms with Gasteiger partial charge < -0.3 is 10.2 Å². The van der Waals surface area contributed by atoms with Crippen molar-refractivity contribution in [2.24, 2.45) is 0 Å². The normalized spacial score (nSPS) is 10.2. The summed E-state index contributed by atoms with van der Waals surface area (Å²) in [6.07, 6.45) is 1.68. The molecule has 2 aromatic rings. The molecule has 1 aromatic heterocycles. The SMILES string of the molecule is CC(=O)N(CC(=O)NCc1ccccn1)c1cc(C)cc(C)c1. The quantitative estimate of drug-likeness (QED) is 0.922. The molecule has 1 heterocycles. The molecular formula is C18H21N3O2. The summed E-state index contributed by atoms with van der Waals surface area (Å²) < 4.78 is 0. The van der Waals surface area contributed by atoms with E-state index in [4.69, 9.17) is 0 Å². The number of amides is 2. The van der Waals surface area contributed by atoms with Gasteiger partial charge in [-0.25, -0.2) is 0 Å². The molecule has 0 aliphatic heterocycles. The van der Waals surface area contributed by atoms with E-state index >= 15 is 0 Å². The van der Waals surface area contributed by atoms with E-state index in [1.807, 2.05) is 50.2 Å². The smallest absolute Gasteiger partial charge is 0.240 e. The summed E-state index contributed by atoms with van der Waals surface area (Å²) in [7, 11) is 0. The number of hydrogen-bond acceptors (Lipinski definition) is 3. The van der Waals surface area contributed by atoms with Crippen molar-refractivity contribution in [1.29, 1.82) is 0 Å². The first kappa shape index (κ1) is 16.7. The summed E-state index contributed by atoms with van der Waals surface area (Å²) in [5.41, 5.74) is 3.63. The molecule has 2 rings (SSSR count). The van der Waals surface area contributed by atoms with Gasteiger partial charge in [0.05, 0.1) is 12.2 Å². The van der Waals surface area contributed by atoms with Crippen LogP contribution >= 0.6 is 0 Å². The number of nitrogens with zero attached hydrogens (tertiary/aromatic N) is 2. The minimum absolute atomic E-state index is 0.00887. The number of nitrogens with one attached hydrogen (secondary N) is 1. The summed E-state index contributed by atoms with van der Waals surface area (Å²) in [6.45, 7) is 5.74. The van der Waals surface area contributed by atoms with Gasteiger partial charge in [-0.3, -0.25) is 14.6 Å². The molecule has 23 heavy (non-hydrogen) atoms. The maximum Gasteiger partial charge on any atom is 0.240 e. The summed E-state index contributed by atoms with van der Waals surface area (Å²) >= 11 is 0. The summed E-state index contributed by atoms with van der Waals surface area (Å²) in [4.78, 5) is 29.7. The van der Waals surface area contributed by atoms with Crippen LogP contribution in [0.3, 0.4) is 0 Å². The molecule has 5 nitrogen and oxygen atoms in total. The number of hydrogen-bond donors (Lipinski definition) is 1. The zero-order valence-corrected chi connectivity index (χ0v) is 13.7. The van der Waals surface area contributed by atoms with Crippen molar-refractivity contribution < 1.29 is 9.59 Å². The predicted molar refractivity (Wildman–Crippen MR) is 90.0 cm³/mol.